The van der Waals surface area contributed by atoms with Crippen LogP contribution >= 0.6 is 0 Å². The van der Waals surface area contributed by atoms with Crippen molar-refractivity contribution < 1.29 is 9.18 Å². The Bertz CT molecular complexity index is 770. The summed E-state index contributed by atoms with van der Waals surface area (Å²) in [5.74, 6) is 1.92. The molecule has 120 valence electrons. The van der Waals surface area contributed by atoms with E-state index < -0.39 is 0 Å². The summed E-state index contributed by atoms with van der Waals surface area (Å²) in [5, 5.41) is 8.76. The van der Waals surface area contributed by atoms with Crippen molar-refractivity contribution in [1.82, 2.24) is 19.7 Å². The third kappa shape index (κ3) is 2.42. The number of fused-ring (bicyclic) bond motifs is 3. The molecular formula is C17H19FN4O. The largest absolute Gasteiger partial charge is 0.342 e. The van der Waals surface area contributed by atoms with E-state index in [0.717, 1.165) is 55.1 Å². The molecule has 0 saturated carbocycles. The molecule has 0 radical (unpaired) electrons. The Balaban J connectivity index is 1.74. The molecule has 3 heterocycles. The van der Waals surface area contributed by atoms with Gasteiger partial charge in [-0.3, -0.25) is 9.36 Å². The minimum Gasteiger partial charge on any atom is -0.342 e. The quantitative estimate of drug-likeness (QED) is 0.811. The zero-order chi connectivity index (χ0) is 16.0. The van der Waals surface area contributed by atoms with Gasteiger partial charge in [0.05, 0.1) is 5.69 Å². The number of amides is 1. The predicted octanol–water partition coefficient (Wildman–Crippen LogP) is 2.23. The fourth-order valence-corrected chi connectivity index (χ4v) is 3.71. The van der Waals surface area contributed by atoms with Crippen molar-refractivity contribution in [2.24, 2.45) is 0 Å². The molecule has 1 unspecified atom stereocenters. The van der Waals surface area contributed by atoms with Crippen LogP contribution < -0.4 is 0 Å². The molecule has 1 aromatic carbocycles. The number of rotatable bonds is 1. The maximum Gasteiger partial charge on any atom is 0.219 e. The van der Waals surface area contributed by atoms with Crippen LogP contribution in [-0.4, -0.2) is 38.7 Å². The Morgan fingerprint density at radius 1 is 1.30 bits per heavy atom. The molecule has 1 atom stereocenters. The number of carbonyl (C=O) groups excluding carboxylic acids is 1. The van der Waals surface area contributed by atoms with Gasteiger partial charge in [0.25, 0.3) is 0 Å². The monoisotopic (exact) mass is 314 g/mol. The molecule has 1 fully saturated rings. The minimum atomic E-state index is -0.206. The van der Waals surface area contributed by atoms with Gasteiger partial charge in [-0.05, 0) is 43.0 Å². The number of likely N-dealkylation sites (tertiary alicyclic amines) is 1. The molecule has 1 amide bonds. The standard InChI is InChI=1S/C17H19FN4O/c1-11(23)21-8-2-3-13(10-21)17-20-19-16-7-4-12-9-14(18)5-6-15(12)22(16)17/h5-6,9,13H,2-4,7-8,10H2,1H3. The van der Waals surface area contributed by atoms with Gasteiger partial charge < -0.3 is 4.90 Å². The summed E-state index contributed by atoms with van der Waals surface area (Å²) >= 11 is 0. The summed E-state index contributed by atoms with van der Waals surface area (Å²) < 4.78 is 15.6. The fourth-order valence-electron chi connectivity index (χ4n) is 3.71. The molecular weight excluding hydrogens is 295 g/mol. The third-order valence-electron chi connectivity index (χ3n) is 4.89. The first-order chi connectivity index (χ1) is 11.1. The lowest BCUT2D eigenvalue weighted by Crippen LogP contribution is -2.38. The van der Waals surface area contributed by atoms with E-state index in [1.165, 1.54) is 6.07 Å². The van der Waals surface area contributed by atoms with Crippen LogP contribution in [0.15, 0.2) is 18.2 Å². The van der Waals surface area contributed by atoms with Crippen LogP contribution in [0.2, 0.25) is 0 Å². The molecule has 5 nitrogen and oxygen atoms in total. The van der Waals surface area contributed by atoms with Gasteiger partial charge in [-0.15, -0.1) is 10.2 Å². The van der Waals surface area contributed by atoms with E-state index in [0.29, 0.717) is 6.54 Å². The lowest BCUT2D eigenvalue weighted by Gasteiger charge is -2.32. The van der Waals surface area contributed by atoms with E-state index >= 15 is 0 Å². The van der Waals surface area contributed by atoms with Crippen molar-refractivity contribution in [3.05, 3.63) is 41.2 Å². The molecule has 0 N–H and O–H groups in total. The second-order valence-electron chi connectivity index (χ2n) is 6.39. The van der Waals surface area contributed by atoms with Crippen LogP contribution in [0.4, 0.5) is 4.39 Å². The van der Waals surface area contributed by atoms with Gasteiger partial charge in [0.1, 0.15) is 17.5 Å². The number of halogens is 1. The van der Waals surface area contributed by atoms with Crippen LogP contribution in [0.1, 0.15) is 42.9 Å². The average Bonchev–Trinajstić information content (AvgIpc) is 2.99. The topological polar surface area (TPSA) is 51.0 Å². The molecule has 0 aliphatic carbocycles. The Kier molecular flexibility index (Phi) is 3.39. The molecule has 2 aliphatic heterocycles. The number of carbonyl (C=O) groups is 1. The Morgan fingerprint density at radius 2 is 2.17 bits per heavy atom. The highest BCUT2D eigenvalue weighted by Crippen LogP contribution is 2.32. The molecule has 6 heteroatoms. The van der Waals surface area contributed by atoms with E-state index in [4.69, 9.17) is 0 Å². The maximum absolute atomic E-state index is 13.5. The number of hydrogen-bond acceptors (Lipinski definition) is 3. The molecule has 0 bridgehead atoms. The average molecular weight is 314 g/mol. The first-order valence-electron chi connectivity index (χ1n) is 8.12. The maximum atomic E-state index is 13.5. The minimum absolute atomic E-state index is 0.107. The molecule has 1 saturated heterocycles. The Hall–Kier alpha value is -2.24. The van der Waals surface area contributed by atoms with Gasteiger partial charge in [0.2, 0.25) is 5.91 Å². The molecule has 23 heavy (non-hydrogen) atoms. The zero-order valence-electron chi connectivity index (χ0n) is 13.1. The van der Waals surface area contributed by atoms with Gasteiger partial charge in [-0.2, -0.15) is 0 Å². The van der Waals surface area contributed by atoms with Crippen LogP contribution in [0.25, 0.3) is 5.69 Å². The van der Waals surface area contributed by atoms with Crippen molar-refractivity contribution in [3.8, 4) is 5.69 Å². The van der Waals surface area contributed by atoms with E-state index in [1.807, 2.05) is 11.0 Å². The number of aryl methyl sites for hydroxylation is 2. The van der Waals surface area contributed by atoms with Gasteiger partial charge in [-0.25, -0.2) is 4.39 Å². The molecule has 2 aromatic rings. The zero-order valence-corrected chi connectivity index (χ0v) is 13.1. The number of piperidine rings is 1. The number of hydrogen-bond donors (Lipinski definition) is 0. The normalized spacial score (nSPS) is 20.1. The van der Waals surface area contributed by atoms with Crippen LogP contribution in [0, 0.1) is 5.82 Å². The SMILES string of the molecule is CC(=O)N1CCCC(c2nnc3n2-c2ccc(F)cc2CC3)C1. The lowest BCUT2D eigenvalue weighted by atomic mass is 9.95. The van der Waals surface area contributed by atoms with Crippen molar-refractivity contribution in [2.45, 2.75) is 38.5 Å². The van der Waals surface area contributed by atoms with E-state index in [1.54, 1.807) is 13.0 Å². The van der Waals surface area contributed by atoms with Gasteiger partial charge in [-0.1, -0.05) is 0 Å². The highest BCUT2D eigenvalue weighted by molar-refractivity contribution is 5.73. The highest BCUT2D eigenvalue weighted by atomic mass is 19.1. The van der Waals surface area contributed by atoms with Crippen LogP contribution in [0.3, 0.4) is 0 Å². The highest BCUT2D eigenvalue weighted by Gasteiger charge is 2.30. The van der Waals surface area contributed by atoms with Crippen LogP contribution in [0.5, 0.6) is 0 Å². The molecule has 2 aliphatic rings. The fraction of sp³-hybridized carbons (Fsp3) is 0.471. The van der Waals surface area contributed by atoms with Gasteiger partial charge in [0.15, 0.2) is 0 Å². The first-order valence-corrected chi connectivity index (χ1v) is 8.12. The van der Waals surface area contributed by atoms with E-state index in [2.05, 4.69) is 14.8 Å². The van der Waals surface area contributed by atoms with Crippen molar-refractivity contribution >= 4 is 5.91 Å². The number of benzene rings is 1. The number of aromatic nitrogens is 3. The predicted molar refractivity (Wildman–Crippen MR) is 83.0 cm³/mol. The smallest absolute Gasteiger partial charge is 0.219 e. The molecule has 0 spiro atoms. The summed E-state index contributed by atoms with van der Waals surface area (Å²) in [6, 6.07) is 4.90. The van der Waals surface area contributed by atoms with Gasteiger partial charge in [0, 0.05) is 32.4 Å². The molecule has 4 rings (SSSR count). The second kappa shape index (κ2) is 5.44. The second-order valence-corrected chi connectivity index (χ2v) is 6.39. The third-order valence-corrected chi connectivity index (χ3v) is 4.89. The van der Waals surface area contributed by atoms with Crippen molar-refractivity contribution in [1.29, 1.82) is 0 Å². The van der Waals surface area contributed by atoms with Gasteiger partial charge >= 0.3 is 0 Å². The van der Waals surface area contributed by atoms with Crippen molar-refractivity contribution in [2.75, 3.05) is 13.1 Å². The lowest BCUT2D eigenvalue weighted by molar-refractivity contribution is -0.130. The first kappa shape index (κ1) is 14.4. The summed E-state index contributed by atoms with van der Waals surface area (Å²) in [6.45, 7) is 3.11. The Morgan fingerprint density at radius 3 is 3.00 bits per heavy atom. The summed E-state index contributed by atoms with van der Waals surface area (Å²) in [5.41, 5.74) is 1.98. The molecule has 1 aromatic heterocycles. The summed E-state index contributed by atoms with van der Waals surface area (Å²) in [7, 11) is 0. The van der Waals surface area contributed by atoms with Crippen molar-refractivity contribution in [3.63, 3.8) is 0 Å². The Labute approximate surface area is 134 Å². The van der Waals surface area contributed by atoms with Crippen LogP contribution in [-0.2, 0) is 17.6 Å². The number of nitrogens with zero attached hydrogens (tertiary/aromatic N) is 4. The summed E-state index contributed by atoms with van der Waals surface area (Å²) in [6.07, 6.45) is 3.53. The van der Waals surface area contributed by atoms with E-state index in [9.17, 15) is 9.18 Å². The van der Waals surface area contributed by atoms with E-state index in [-0.39, 0.29) is 17.6 Å². The summed E-state index contributed by atoms with van der Waals surface area (Å²) in [4.78, 5) is 13.6.